The Balaban J connectivity index is 1.47. The van der Waals surface area contributed by atoms with Crippen LogP contribution in [0.25, 0.3) is 0 Å². The number of carbonyl (C=O) groups excluding carboxylic acids is 4. The number of fused-ring (bicyclic) bond motifs is 2. The number of amides is 3. The van der Waals surface area contributed by atoms with Gasteiger partial charge in [-0.05, 0) is 75.6 Å². The number of nitrogens with zero attached hydrogens (tertiary/aromatic N) is 2. The van der Waals surface area contributed by atoms with E-state index in [0.29, 0.717) is 25.8 Å². The van der Waals surface area contributed by atoms with Gasteiger partial charge in [0.2, 0.25) is 17.7 Å². The highest BCUT2D eigenvalue weighted by Crippen LogP contribution is 2.32. The highest BCUT2D eigenvalue weighted by atomic mass is 16.2. The van der Waals surface area contributed by atoms with E-state index in [1.165, 1.54) is 0 Å². The fraction of sp³-hybridized carbons (Fsp3) is 0.568. The molecular weight excluding hydrogens is 592 g/mol. The number of likely N-dealkylation sites (tertiary alicyclic amines) is 2. The van der Waals surface area contributed by atoms with E-state index in [1.54, 1.807) is 0 Å². The standard InChI is InChI=1S/C37H54N6O4/c1-25(2)18-28(35(45)40-32(16-10-11-17-38)37(47)43-29-22-30(43)24-42(3)23-29)21-34(44)33(20-27-14-8-5-9-15-27)41-36(46)31(39)19-26-12-6-4-7-13-26/h4-9,12-15,25,28-33H,10-11,16-24,38-39H2,1-3H3,(H,40,45)(H,41,46). The van der Waals surface area contributed by atoms with E-state index >= 15 is 0 Å². The summed E-state index contributed by atoms with van der Waals surface area (Å²) in [6, 6.07) is 17.0. The molecular formula is C37H54N6O4. The number of hydrogen-bond acceptors (Lipinski definition) is 7. The molecule has 256 valence electrons. The number of piperazine rings is 1. The van der Waals surface area contributed by atoms with Crippen LogP contribution in [0.5, 0.6) is 0 Å². The summed E-state index contributed by atoms with van der Waals surface area (Å²) in [6.07, 6.45) is 4.02. The van der Waals surface area contributed by atoms with Crippen molar-refractivity contribution in [2.45, 2.75) is 95.4 Å². The third-order valence-corrected chi connectivity index (χ3v) is 9.39. The van der Waals surface area contributed by atoms with Crippen LogP contribution in [0.4, 0.5) is 0 Å². The van der Waals surface area contributed by atoms with Crippen LogP contribution in [-0.2, 0) is 32.0 Å². The highest BCUT2D eigenvalue weighted by molar-refractivity contribution is 5.95. The molecule has 2 bridgehead atoms. The molecule has 0 aromatic heterocycles. The molecule has 0 spiro atoms. The van der Waals surface area contributed by atoms with Gasteiger partial charge in [-0.1, -0.05) is 74.5 Å². The largest absolute Gasteiger partial charge is 0.345 e. The third kappa shape index (κ3) is 10.4. The van der Waals surface area contributed by atoms with Crippen molar-refractivity contribution >= 4 is 23.5 Å². The van der Waals surface area contributed by atoms with E-state index in [2.05, 4.69) is 22.6 Å². The zero-order valence-electron chi connectivity index (χ0n) is 28.3. The quantitative estimate of drug-likeness (QED) is 0.182. The molecule has 6 atom stereocenters. The van der Waals surface area contributed by atoms with Gasteiger partial charge in [-0.3, -0.25) is 19.2 Å². The summed E-state index contributed by atoms with van der Waals surface area (Å²) in [6.45, 7) is 6.21. The van der Waals surface area contributed by atoms with Crippen molar-refractivity contribution in [1.82, 2.24) is 20.4 Å². The first kappa shape index (κ1) is 36.2. The number of nitrogens with two attached hydrogens (primary N) is 2. The zero-order valence-corrected chi connectivity index (χ0v) is 28.3. The van der Waals surface area contributed by atoms with Crippen LogP contribution >= 0.6 is 0 Å². The van der Waals surface area contributed by atoms with E-state index < -0.39 is 30.0 Å². The maximum Gasteiger partial charge on any atom is 0.245 e. The summed E-state index contributed by atoms with van der Waals surface area (Å²) < 4.78 is 0. The molecule has 0 saturated carbocycles. The van der Waals surface area contributed by atoms with Crippen molar-refractivity contribution in [3.63, 3.8) is 0 Å². The number of piperidine rings is 1. The molecule has 2 heterocycles. The average molecular weight is 647 g/mol. The predicted molar refractivity (Wildman–Crippen MR) is 184 cm³/mol. The van der Waals surface area contributed by atoms with Crippen molar-refractivity contribution in [3.05, 3.63) is 71.8 Å². The fourth-order valence-corrected chi connectivity index (χ4v) is 6.97. The van der Waals surface area contributed by atoms with Gasteiger partial charge in [0.25, 0.3) is 0 Å². The van der Waals surface area contributed by atoms with E-state index in [1.807, 2.05) is 79.4 Å². The van der Waals surface area contributed by atoms with Gasteiger partial charge in [-0.15, -0.1) is 0 Å². The summed E-state index contributed by atoms with van der Waals surface area (Å²) in [7, 11) is 2.07. The molecule has 6 N–H and O–H groups in total. The summed E-state index contributed by atoms with van der Waals surface area (Å²) >= 11 is 0. The Bertz CT molecular complexity index is 1310. The number of rotatable bonds is 18. The molecule has 10 nitrogen and oxygen atoms in total. The Hall–Kier alpha value is -3.60. The van der Waals surface area contributed by atoms with Crippen LogP contribution in [0.1, 0.15) is 63.5 Å². The molecule has 0 radical (unpaired) electrons. The van der Waals surface area contributed by atoms with Gasteiger partial charge in [0.15, 0.2) is 5.78 Å². The SMILES string of the molecule is CC(C)CC(CC(=O)C(Cc1ccccc1)NC(=O)C(N)Cc1ccccc1)C(=O)NC(CCCCN)C(=O)N1C2CC1CN(C)C2. The zero-order chi connectivity index (χ0) is 33.9. The Morgan fingerprint density at radius 1 is 0.830 bits per heavy atom. The minimum atomic E-state index is -0.853. The second kappa shape index (κ2) is 17.5. The first-order chi connectivity index (χ1) is 22.5. The Morgan fingerprint density at radius 3 is 1.98 bits per heavy atom. The second-order valence-corrected chi connectivity index (χ2v) is 13.9. The Kier molecular flexibility index (Phi) is 13.5. The van der Waals surface area contributed by atoms with E-state index in [9.17, 15) is 19.2 Å². The predicted octanol–water partition coefficient (Wildman–Crippen LogP) is 2.43. The number of hydrogen-bond donors (Lipinski definition) is 4. The fourth-order valence-electron chi connectivity index (χ4n) is 6.97. The van der Waals surface area contributed by atoms with Gasteiger partial charge in [-0.25, -0.2) is 0 Å². The van der Waals surface area contributed by atoms with Crippen LogP contribution in [0.2, 0.25) is 0 Å². The maximum absolute atomic E-state index is 14.0. The van der Waals surface area contributed by atoms with Gasteiger partial charge in [0.05, 0.1) is 12.1 Å². The molecule has 4 rings (SSSR count). The lowest BCUT2D eigenvalue weighted by Gasteiger charge is -2.56. The van der Waals surface area contributed by atoms with Gasteiger partial charge < -0.3 is 31.9 Å². The normalized spacial score (nSPS) is 20.1. The number of Topliss-reactive ketones (excluding diaryl/α,β-unsaturated/α-hetero) is 1. The number of unbranched alkanes of at least 4 members (excludes halogenated alkanes) is 1. The van der Waals surface area contributed by atoms with Crippen LogP contribution in [0, 0.1) is 11.8 Å². The molecule has 2 aromatic rings. The van der Waals surface area contributed by atoms with Gasteiger partial charge in [0.1, 0.15) is 6.04 Å². The average Bonchev–Trinajstić information content (AvgIpc) is 3.04. The summed E-state index contributed by atoms with van der Waals surface area (Å²) in [4.78, 5) is 59.2. The molecule has 3 amide bonds. The number of ketones is 1. The van der Waals surface area contributed by atoms with Gasteiger partial charge in [-0.2, -0.15) is 0 Å². The minimum absolute atomic E-state index is 0.0408. The summed E-state index contributed by atoms with van der Waals surface area (Å²) in [5.74, 6) is -1.50. The molecule has 2 aromatic carbocycles. The number of carbonyl (C=O) groups is 4. The molecule has 2 fully saturated rings. The molecule has 6 unspecified atom stereocenters. The Labute approximate surface area is 280 Å². The van der Waals surface area contributed by atoms with Crippen molar-refractivity contribution in [2.75, 3.05) is 26.7 Å². The number of benzene rings is 2. The number of nitrogens with one attached hydrogen (secondary N) is 2. The van der Waals surface area contributed by atoms with Crippen LogP contribution in [0.15, 0.2) is 60.7 Å². The second-order valence-electron chi connectivity index (χ2n) is 13.9. The summed E-state index contributed by atoms with van der Waals surface area (Å²) in [5.41, 5.74) is 13.9. The lowest BCUT2D eigenvalue weighted by atomic mass is 9.86. The lowest BCUT2D eigenvalue weighted by molar-refractivity contribution is -0.156. The van der Waals surface area contributed by atoms with E-state index in [-0.39, 0.29) is 48.4 Å². The van der Waals surface area contributed by atoms with E-state index in [0.717, 1.165) is 43.5 Å². The highest BCUT2D eigenvalue weighted by Gasteiger charge is 2.48. The van der Waals surface area contributed by atoms with Crippen LogP contribution in [-0.4, -0.2) is 90.2 Å². The number of likely N-dealkylation sites (N-methyl/N-ethyl adjacent to an activating group) is 1. The molecule has 47 heavy (non-hydrogen) atoms. The smallest absolute Gasteiger partial charge is 0.245 e. The molecule has 2 aliphatic rings. The van der Waals surface area contributed by atoms with Crippen molar-refractivity contribution in [1.29, 1.82) is 0 Å². The summed E-state index contributed by atoms with van der Waals surface area (Å²) in [5, 5.41) is 5.98. The topological polar surface area (TPSA) is 151 Å². The van der Waals surface area contributed by atoms with Crippen molar-refractivity contribution in [3.8, 4) is 0 Å². The van der Waals surface area contributed by atoms with E-state index in [4.69, 9.17) is 11.5 Å². The van der Waals surface area contributed by atoms with Crippen LogP contribution in [0.3, 0.4) is 0 Å². The van der Waals surface area contributed by atoms with Crippen molar-refractivity contribution in [2.24, 2.45) is 23.3 Å². The van der Waals surface area contributed by atoms with Gasteiger partial charge >= 0.3 is 0 Å². The first-order valence-corrected chi connectivity index (χ1v) is 17.2. The van der Waals surface area contributed by atoms with Gasteiger partial charge in [0, 0.05) is 37.5 Å². The minimum Gasteiger partial charge on any atom is -0.345 e. The Morgan fingerprint density at radius 2 is 1.40 bits per heavy atom. The monoisotopic (exact) mass is 646 g/mol. The molecule has 10 heteroatoms. The molecule has 2 saturated heterocycles. The lowest BCUT2D eigenvalue weighted by Crippen LogP contribution is -2.71. The third-order valence-electron chi connectivity index (χ3n) is 9.39. The van der Waals surface area contributed by atoms with Crippen molar-refractivity contribution < 1.29 is 19.2 Å². The maximum atomic E-state index is 14.0. The van der Waals surface area contributed by atoms with Crippen LogP contribution < -0.4 is 22.1 Å². The molecule has 2 aliphatic heterocycles. The first-order valence-electron chi connectivity index (χ1n) is 17.2. The molecule has 0 aliphatic carbocycles.